The second-order valence-electron chi connectivity index (χ2n) is 6.09. The first-order valence-corrected chi connectivity index (χ1v) is 7.54. The quantitative estimate of drug-likeness (QED) is 0.830. The van der Waals surface area contributed by atoms with Crippen molar-refractivity contribution in [2.24, 2.45) is 5.92 Å². The third kappa shape index (κ3) is 3.80. The number of aliphatic hydroxyl groups is 1. The lowest BCUT2D eigenvalue weighted by Crippen LogP contribution is -2.50. The normalized spacial score (nSPS) is 27.6. The van der Waals surface area contributed by atoms with Gasteiger partial charge in [-0.1, -0.05) is 13.8 Å². The van der Waals surface area contributed by atoms with Gasteiger partial charge in [0.2, 0.25) is 0 Å². The Morgan fingerprint density at radius 3 is 2.84 bits per heavy atom. The molecule has 1 aliphatic carbocycles. The molecule has 108 valence electrons. The summed E-state index contributed by atoms with van der Waals surface area (Å²) in [6, 6.07) is 0. The number of aromatic nitrogens is 2. The first kappa shape index (κ1) is 14.5. The van der Waals surface area contributed by atoms with Crippen LogP contribution in [0.1, 0.15) is 51.5 Å². The molecule has 19 heavy (non-hydrogen) atoms. The zero-order valence-corrected chi connectivity index (χ0v) is 12.2. The van der Waals surface area contributed by atoms with Crippen molar-refractivity contribution in [3.8, 4) is 0 Å². The molecular weight excluding hydrogens is 238 g/mol. The van der Waals surface area contributed by atoms with E-state index in [1.165, 1.54) is 18.4 Å². The molecule has 0 aliphatic heterocycles. The van der Waals surface area contributed by atoms with Gasteiger partial charge in [-0.05, 0) is 38.0 Å². The SMILES string of the molecule is CCCn1cc(CNC2(CO)CCC(C)CC2)cn1. The lowest BCUT2D eigenvalue weighted by molar-refractivity contribution is 0.104. The van der Waals surface area contributed by atoms with Crippen LogP contribution < -0.4 is 5.32 Å². The van der Waals surface area contributed by atoms with Gasteiger partial charge >= 0.3 is 0 Å². The predicted octanol–water partition coefficient (Wildman–Crippen LogP) is 2.32. The van der Waals surface area contributed by atoms with Crippen LogP contribution in [0.25, 0.3) is 0 Å². The van der Waals surface area contributed by atoms with Gasteiger partial charge < -0.3 is 10.4 Å². The summed E-state index contributed by atoms with van der Waals surface area (Å²) >= 11 is 0. The highest BCUT2D eigenvalue weighted by Gasteiger charge is 2.32. The Morgan fingerprint density at radius 1 is 1.47 bits per heavy atom. The smallest absolute Gasteiger partial charge is 0.0613 e. The van der Waals surface area contributed by atoms with Gasteiger partial charge in [-0.2, -0.15) is 5.10 Å². The average Bonchev–Trinajstić information content (AvgIpc) is 2.87. The molecule has 0 radical (unpaired) electrons. The summed E-state index contributed by atoms with van der Waals surface area (Å²) in [5.41, 5.74) is 1.14. The van der Waals surface area contributed by atoms with E-state index >= 15 is 0 Å². The molecule has 1 fully saturated rings. The van der Waals surface area contributed by atoms with E-state index in [4.69, 9.17) is 0 Å². The van der Waals surface area contributed by atoms with Gasteiger partial charge in [0.1, 0.15) is 0 Å². The van der Waals surface area contributed by atoms with Gasteiger partial charge in [0.15, 0.2) is 0 Å². The molecule has 1 aliphatic rings. The number of hydrogen-bond acceptors (Lipinski definition) is 3. The highest BCUT2D eigenvalue weighted by atomic mass is 16.3. The van der Waals surface area contributed by atoms with E-state index in [9.17, 15) is 5.11 Å². The molecular formula is C15H27N3O. The van der Waals surface area contributed by atoms with Crippen molar-refractivity contribution < 1.29 is 5.11 Å². The van der Waals surface area contributed by atoms with Crippen LogP contribution in [0.5, 0.6) is 0 Å². The first-order chi connectivity index (χ1) is 9.17. The maximum absolute atomic E-state index is 9.71. The maximum atomic E-state index is 9.71. The number of hydrogen-bond donors (Lipinski definition) is 2. The Morgan fingerprint density at radius 2 is 2.21 bits per heavy atom. The van der Waals surface area contributed by atoms with E-state index < -0.39 is 0 Å². The predicted molar refractivity (Wildman–Crippen MR) is 76.8 cm³/mol. The maximum Gasteiger partial charge on any atom is 0.0613 e. The molecule has 0 spiro atoms. The Hall–Kier alpha value is -0.870. The molecule has 4 heteroatoms. The van der Waals surface area contributed by atoms with Gasteiger partial charge in [-0.15, -0.1) is 0 Å². The molecule has 4 nitrogen and oxygen atoms in total. The molecule has 0 aromatic carbocycles. The fourth-order valence-electron chi connectivity index (χ4n) is 2.84. The second kappa shape index (κ2) is 6.53. The summed E-state index contributed by atoms with van der Waals surface area (Å²) in [6.07, 6.45) is 9.71. The molecule has 1 saturated carbocycles. The molecule has 0 saturated heterocycles. The van der Waals surface area contributed by atoms with Crippen LogP contribution in [0.4, 0.5) is 0 Å². The summed E-state index contributed by atoms with van der Waals surface area (Å²) < 4.78 is 1.99. The summed E-state index contributed by atoms with van der Waals surface area (Å²) in [7, 11) is 0. The van der Waals surface area contributed by atoms with Crippen LogP contribution in [0.15, 0.2) is 12.4 Å². The monoisotopic (exact) mass is 265 g/mol. The first-order valence-electron chi connectivity index (χ1n) is 7.54. The molecule has 0 atom stereocenters. The van der Waals surface area contributed by atoms with Gasteiger partial charge in [-0.3, -0.25) is 4.68 Å². The third-order valence-corrected chi connectivity index (χ3v) is 4.34. The molecule has 0 unspecified atom stereocenters. The second-order valence-corrected chi connectivity index (χ2v) is 6.09. The van der Waals surface area contributed by atoms with Crippen molar-refractivity contribution in [3.63, 3.8) is 0 Å². The van der Waals surface area contributed by atoms with Gasteiger partial charge in [0, 0.05) is 30.4 Å². The molecule has 2 N–H and O–H groups in total. The highest BCUT2D eigenvalue weighted by Crippen LogP contribution is 2.31. The molecule has 1 heterocycles. The minimum Gasteiger partial charge on any atom is -0.394 e. The summed E-state index contributed by atoms with van der Waals surface area (Å²) in [5.74, 6) is 0.800. The Bertz CT molecular complexity index is 380. The van der Waals surface area contributed by atoms with E-state index in [-0.39, 0.29) is 12.1 Å². The van der Waals surface area contributed by atoms with Gasteiger partial charge in [0.05, 0.1) is 12.8 Å². The van der Waals surface area contributed by atoms with Crippen LogP contribution >= 0.6 is 0 Å². The van der Waals surface area contributed by atoms with Crippen LogP contribution in [-0.2, 0) is 13.1 Å². The summed E-state index contributed by atoms with van der Waals surface area (Å²) in [5, 5.41) is 17.6. The summed E-state index contributed by atoms with van der Waals surface area (Å²) in [6.45, 7) is 6.48. The Balaban J connectivity index is 1.88. The number of aliphatic hydroxyl groups excluding tert-OH is 1. The fraction of sp³-hybridized carbons (Fsp3) is 0.800. The number of nitrogens with one attached hydrogen (secondary N) is 1. The van der Waals surface area contributed by atoms with E-state index in [0.29, 0.717) is 0 Å². The minimum absolute atomic E-state index is 0.0701. The summed E-state index contributed by atoms with van der Waals surface area (Å²) in [4.78, 5) is 0. The molecule has 1 aromatic heterocycles. The highest BCUT2D eigenvalue weighted by molar-refractivity contribution is 5.05. The Labute approximate surface area is 116 Å². The lowest BCUT2D eigenvalue weighted by atomic mass is 9.77. The Kier molecular flexibility index (Phi) is 4.99. The van der Waals surface area contributed by atoms with Crippen molar-refractivity contribution in [2.75, 3.05) is 6.61 Å². The van der Waals surface area contributed by atoms with Crippen molar-refractivity contribution >= 4 is 0 Å². The number of aryl methyl sites for hydroxylation is 1. The fourth-order valence-corrected chi connectivity index (χ4v) is 2.84. The standard InChI is InChI=1S/C15H27N3O/c1-3-8-18-11-14(10-17-18)9-16-15(12-19)6-4-13(2)5-7-15/h10-11,13,16,19H,3-9,12H2,1-2H3. The van der Waals surface area contributed by atoms with Crippen LogP contribution in [-0.4, -0.2) is 27.0 Å². The van der Waals surface area contributed by atoms with Crippen LogP contribution in [0.2, 0.25) is 0 Å². The third-order valence-electron chi connectivity index (χ3n) is 4.34. The zero-order chi connectivity index (χ0) is 13.7. The molecule has 0 amide bonds. The van der Waals surface area contributed by atoms with E-state index in [0.717, 1.165) is 38.3 Å². The topological polar surface area (TPSA) is 50.1 Å². The van der Waals surface area contributed by atoms with Crippen molar-refractivity contribution in [1.29, 1.82) is 0 Å². The lowest BCUT2D eigenvalue weighted by Gasteiger charge is -2.39. The number of rotatable bonds is 6. The van der Waals surface area contributed by atoms with Crippen molar-refractivity contribution in [2.45, 2.75) is 64.6 Å². The minimum atomic E-state index is -0.0701. The van der Waals surface area contributed by atoms with E-state index in [2.05, 4.69) is 30.5 Å². The molecule has 1 aromatic rings. The van der Waals surface area contributed by atoms with Gasteiger partial charge in [-0.25, -0.2) is 0 Å². The van der Waals surface area contributed by atoms with Gasteiger partial charge in [0.25, 0.3) is 0 Å². The largest absolute Gasteiger partial charge is 0.394 e. The van der Waals surface area contributed by atoms with Crippen molar-refractivity contribution in [1.82, 2.24) is 15.1 Å². The van der Waals surface area contributed by atoms with Crippen LogP contribution in [0.3, 0.4) is 0 Å². The van der Waals surface area contributed by atoms with E-state index in [1.807, 2.05) is 10.9 Å². The molecule has 2 rings (SSSR count). The van der Waals surface area contributed by atoms with E-state index in [1.54, 1.807) is 0 Å². The number of nitrogens with zero attached hydrogens (tertiary/aromatic N) is 2. The average molecular weight is 265 g/mol. The zero-order valence-electron chi connectivity index (χ0n) is 12.2. The van der Waals surface area contributed by atoms with Crippen LogP contribution in [0, 0.1) is 5.92 Å². The van der Waals surface area contributed by atoms with Crippen molar-refractivity contribution in [3.05, 3.63) is 18.0 Å². The molecule has 0 bridgehead atoms.